The van der Waals surface area contributed by atoms with Gasteiger partial charge in [0.2, 0.25) is 0 Å². The molecule has 0 aliphatic carbocycles. The average Bonchev–Trinajstić information content (AvgIpc) is 2.18. The van der Waals surface area contributed by atoms with Crippen LogP contribution in [0.4, 0.5) is 4.39 Å². The predicted molar refractivity (Wildman–Crippen MR) is 48.0 cm³/mol. The lowest BCUT2D eigenvalue weighted by Crippen LogP contribution is -2.15. The highest BCUT2D eigenvalue weighted by molar-refractivity contribution is 6.00. The van der Waals surface area contributed by atoms with Crippen LogP contribution in [-0.2, 0) is 0 Å². The lowest BCUT2D eigenvalue weighted by Gasteiger charge is -2.07. The number of carbonyl (C=O) groups is 1. The van der Waals surface area contributed by atoms with Crippen molar-refractivity contribution < 1.29 is 19.0 Å². The fourth-order valence-corrected chi connectivity index (χ4v) is 1.08. The van der Waals surface area contributed by atoms with Gasteiger partial charge in [-0.2, -0.15) is 0 Å². The van der Waals surface area contributed by atoms with E-state index < -0.39 is 22.9 Å². The van der Waals surface area contributed by atoms with E-state index in [1.54, 1.807) is 0 Å². The van der Waals surface area contributed by atoms with Crippen LogP contribution in [0.15, 0.2) is 12.1 Å². The van der Waals surface area contributed by atoms with Crippen LogP contribution < -0.4 is 10.5 Å². The van der Waals surface area contributed by atoms with Crippen molar-refractivity contribution in [1.29, 1.82) is 0 Å². The van der Waals surface area contributed by atoms with Crippen LogP contribution in [0.2, 0.25) is 0 Å². The number of benzene rings is 1. The molecule has 0 atom stereocenters. The minimum atomic E-state index is -0.807. The fourth-order valence-electron chi connectivity index (χ4n) is 1.08. The van der Waals surface area contributed by atoms with E-state index in [9.17, 15) is 14.3 Å². The summed E-state index contributed by atoms with van der Waals surface area (Å²) in [6.45, 7) is -0.363. The van der Waals surface area contributed by atoms with E-state index in [-0.39, 0.29) is 12.3 Å². The molecular weight excluding hydrogens is 189 g/mol. The molecule has 0 aliphatic heterocycles. The van der Waals surface area contributed by atoms with Crippen molar-refractivity contribution in [2.24, 2.45) is 5.73 Å². The summed E-state index contributed by atoms with van der Waals surface area (Å²) in [5, 5.41) is 9.43. The van der Waals surface area contributed by atoms with E-state index >= 15 is 0 Å². The zero-order chi connectivity index (χ0) is 10.7. The molecule has 0 saturated carbocycles. The Labute approximate surface area is 80.1 Å². The first-order chi connectivity index (χ1) is 6.61. The molecule has 0 saturated heterocycles. The molecule has 0 spiro atoms. The minimum Gasteiger partial charge on any atom is -0.504 e. The van der Waals surface area contributed by atoms with Gasteiger partial charge >= 0.3 is 0 Å². The largest absolute Gasteiger partial charge is 0.504 e. The summed E-state index contributed by atoms with van der Waals surface area (Å²) in [6, 6.07) is 2.28. The molecule has 0 amide bonds. The number of phenols is 1. The highest BCUT2D eigenvalue weighted by Gasteiger charge is 2.18. The van der Waals surface area contributed by atoms with E-state index in [2.05, 4.69) is 0 Å². The number of halogens is 1. The zero-order valence-corrected chi connectivity index (χ0v) is 7.58. The second-order valence-electron chi connectivity index (χ2n) is 2.60. The highest BCUT2D eigenvalue weighted by Crippen LogP contribution is 2.31. The van der Waals surface area contributed by atoms with Gasteiger partial charge in [-0.05, 0) is 12.1 Å². The molecule has 0 fully saturated rings. The third-order valence-electron chi connectivity index (χ3n) is 1.77. The predicted octanol–water partition coefficient (Wildman–Crippen LogP) is 0.681. The number of phenolic OH excluding ortho intramolecular Hbond substituents is 1. The molecule has 76 valence electrons. The van der Waals surface area contributed by atoms with Crippen LogP contribution in [0.3, 0.4) is 0 Å². The maximum Gasteiger partial charge on any atom is 0.183 e. The van der Waals surface area contributed by atoms with Crippen LogP contribution in [-0.4, -0.2) is 24.5 Å². The van der Waals surface area contributed by atoms with Crippen molar-refractivity contribution in [2.45, 2.75) is 0 Å². The normalized spacial score (nSPS) is 9.93. The Morgan fingerprint density at radius 2 is 2.29 bits per heavy atom. The molecule has 0 radical (unpaired) electrons. The van der Waals surface area contributed by atoms with Gasteiger partial charge in [0.1, 0.15) is 11.4 Å². The van der Waals surface area contributed by atoms with Crippen LogP contribution in [0, 0.1) is 5.82 Å². The van der Waals surface area contributed by atoms with Gasteiger partial charge in [0, 0.05) is 0 Å². The Balaban J connectivity index is 3.32. The lowest BCUT2D eigenvalue weighted by molar-refractivity contribution is 0.0994. The van der Waals surface area contributed by atoms with Crippen molar-refractivity contribution >= 4 is 5.78 Å². The maximum absolute atomic E-state index is 13.1. The summed E-state index contributed by atoms with van der Waals surface area (Å²) < 4.78 is 17.8. The van der Waals surface area contributed by atoms with Gasteiger partial charge in [0.15, 0.2) is 17.3 Å². The maximum atomic E-state index is 13.1. The number of ketones is 1. The Morgan fingerprint density at radius 3 is 2.79 bits per heavy atom. The molecule has 1 aromatic carbocycles. The topological polar surface area (TPSA) is 72.5 Å². The Morgan fingerprint density at radius 1 is 1.64 bits per heavy atom. The number of nitrogens with two attached hydrogens (primary N) is 1. The summed E-state index contributed by atoms with van der Waals surface area (Å²) in [7, 11) is 1.31. The number of Topliss-reactive ketones (excluding diaryl/α,β-unsaturated/α-hetero) is 1. The summed E-state index contributed by atoms with van der Waals surface area (Å²) in [5.74, 6) is -1.94. The van der Waals surface area contributed by atoms with Gasteiger partial charge in [-0.1, -0.05) is 0 Å². The molecule has 14 heavy (non-hydrogen) atoms. The molecule has 4 nitrogen and oxygen atoms in total. The summed E-state index contributed by atoms with van der Waals surface area (Å²) >= 11 is 0. The van der Waals surface area contributed by atoms with Crippen molar-refractivity contribution in [3.05, 3.63) is 23.5 Å². The average molecular weight is 199 g/mol. The van der Waals surface area contributed by atoms with Crippen molar-refractivity contribution in [1.82, 2.24) is 0 Å². The Kier molecular flexibility index (Phi) is 3.03. The first kappa shape index (κ1) is 10.5. The van der Waals surface area contributed by atoms with Crippen molar-refractivity contribution in [3.63, 3.8) is 0 Å². The molecule has 0 aromatic heterocycles. The number of carbonyl (C=O) groups excluding carboxylic acids is 1. The van der Waals surface area contributed by atoms with Gasteiger partial charge in [-0.25, -0.2) is 4.39 Å². The highest BCUT2D eigenvalue weighted by atomic mass is 19.1. The van der Waals surface area contributed by atoms with E-state index in [1.807, 2.05) is 0 Å². The second kappa shape index (κ2) is 4.06. The summed E-state index contributed by atoms with van der Waals surface area (Å²) in [6.07, 6.45) is 0. The van der Waals surface area contributed by atoms with Gasteiger partial charge in [0.05, 0.1) is 13.7 Å². The zero-order valence-electron chi connectivity index (χ0n) is 7.58. The van der Waals surface area contributed by atoms with E-state index in [0.29, 0.717) is 0 Å². The second-order valence-corrected chi connectivity index (χ2v) is 2.60. The molecule has 5 heteroatoms. The van der Waals surface area contributed by atoms with E-state index in [1.165, 1.54) is 13.2 Å². The number of rotatable bonds is 3. The number of hydrogen-bond donors (Lipinski definition) is 2. The molecule has 1 aromatic rings. The Bertz CT molecular complexity index is 365. The van der Waals surface area contributed by atoms with Gasteiger partial charge in [-0.15, -0.1) is 0 Å². The third kappa shape index (κ3) is 1.67. The molecule has 0 bridgehead atoms. The van der Waals surface area contributed by atoms with Crippen molar-refractivity contribution in [2.75, 3.05) is 13.7 Å². The van der Waals surface area contributed by atoms with Crippen LogP contribution >= 0.6 is 0 Å². The monoisotopic (exact) mass is 199 g/mol. The quantitative estimate of drug-likeness (QED) is 0.702. The van der Waals surface area contributed by atoms with Gasteiger partial charge < -0.3 is 15.6 Å². The number of methoxy groups -OCH3 is 1. The molecule has 0 unspecified atom stereocenters. The van der Waals surface area contributed by atoms with E-state index in [0.717, 1.165) is 6.07 Å². The first-order valence-corrected chi connectivity index (χ1v) is 3.90. The molecule has 0 aliphatic rings. The van der Waals surface area contributed by atoms with Gasteiger partial charge in [0.25, 0.3) is 0 Å². The number of aromatic hydroxyl groups is 1. The standard InChI is InChI=1S/C9H10FNO3/c1-14-7-3-2-5(10)8(9(7)13)6(12)4-11/h2-3,13H,4,11H2,1H3. The summed E-state index contributed by atoms with van der Waals surface area (Å²) in [4.78, 5) is 11.1. The molecular formula is C9H10FNO3. The third-order valence-corrected chi connectivity index (χ3v) is 1.77. The van der Waals surface area contributed by atoms with Crippen LogP contribution in [0.5, 0.6) is 11.5 Å². The molecule has 1 rings (SSSR count). The summed E-state index contributed by atoms with van der Waals surface area (Å²) in [5.41, 5.74) is 4.64. The molecule has 0 heterocycles. The number of ether oxygens (including phenoxy) is 1. The van der Waals surface area contributed by atoms with Gasteiger partial charge in [-0.3, -0.25) is 4.79 Å². The van der Waals surface area contributed by atoms with Crippen molar-refractivity contribution in [3.8, 4) is 11.5 Å². The molecule has 3 N–H and O–H groups in total. The van der Waals surface area contributed by atoms with Crippen LogP contribution in [0.25, 0.3) is 0 Å². The lowest BCUT2D eigenvalue weighted by atomic mass is 10.1. The fraction of sp³-hybridized carbons (Fsp3) is 0.222. The van der Waals surface area contributed by atoms with Crippen LogP contribution in [0.1, 0.15) is 10.4 Å². The van der Waals surface area contributed by atoms with E-state index in [4.69, 9.17) is 10.5 Å². The Hall–Kier alpha value is -1.62. The SMILES string of the molecule is COc1ccc(F)c(C(=O)CN)c1O. The first-order valence-electron chi connectivity index (χ1n) is 3.90. The smallest absolute Gasteiger partial charge is 0.183 e. The minimum absolute atomic E-state index is 0.0446. The number of hydrogen-bond acceptors (Lipinski definition) is 4.